The molecule has 0 aliphatic rings. The summed E-state index contributed by atoms with van der Waals surface area (Å²) in [7, 11) is 1.67. The number of nitrogens with zero attached hydrogens (tertiary/aromatic N) is 2. The van der Waals surface area contributed by atoms with E-state index in [-0.39, 0.29) is 18.0 Å². The van der Waals surface area contributed by atoms with Gasteiger partial charge >= 0.3 is 6.03 Å². The molecule has 0 fully saturated rings. The minimum Gasteiger partial charge on any atom is -0.326 e. The fraction of sp³-hybridized carbons (Fsp3) is 0.429. The van der Waals surface area contributed by atoms with Crippen LogP contribution in [0.25, 0.3) is 0 Å². The Morgan fingerprint density at radius 3 is 2.79 bits per heavy atom. The minimum atomic E-state index is -0.232. The lowest BCUT2D eigenvalue weighted by Crippen LogP contribution is -2.34. The van der Waals surface area contributed by atoms with E-state index < -0.39 is 0 Å². The van der Waals surface area contributed by atoms with Gasteiger partial charge in [-0.3, -0.25) is 0 Å². The van der Waals surface area contributed by atoms with Crippen LogP contribution in [0.3, 0.4) is 0 Å². The fourth-order valence-corrected chi connectivity index (χ4v) is 1.65. The normalized spacial score (nSPS) is 13.2. The van der Waals surface area contributed by atoms with Gasteiger partial charge in [0.05, 0.1) is 12.0 Å². The van der Waals surface area contributed by atoms with Crippen LogP contribution in [0.2, 0.25) is 0 Å². The average Bonchev–Trinajstić information content (AvgIpc) is 2.38. The number of nitrogens with one attached hydrogen (secondary N) is 1. The summed E-state index contributed by atoms with van der Waals surface area (Å²) >= 11 is 0. The van der Waals surface area contributed by atoms with Crippen molar-refractivity contribution < 1.29 is 4.79 Å². The van der Waals surface area contributed by atoms with Gasteiger partial charge < -0.3 is 16.0 Å². The number of carbonyl (C=O) groups excluding carboxylic acids is 1. The molecule has 0 bridgehead atoms. The van der Waals surface area contributed by atoms with Crippen LogP contribution < -0.4 is 11.1 Å². The predicted molar refractivity (Wildman–Crippen MR) is 75.5 cm³/mol. The smallest absolute Gasteiger partial charge is 0.321 e. The molecule has 5 heteroatoms. The van der Waals surface area contributed by atoms with E-state index in [2.05, 4.69) is 11.4 Å². The third kappa shape index (κ3) is 4.60. The van der Waals surface area contributed by atoms with Crippen LogP contribution in [0.15, 0.2) is 24.3 Å². The summed E-state index contributed by atoms with van der Waals surface area (Å²) in [5.74, 6) is -0.189. The summed E-state index contributed by atoms with van der Waals surface area (Å²) in [6.45, 7) is 4.07. The van der Waals surface area contributed by atoms with Crippen molar-refractivity contribution in [2.24, 2.45) is 11.7 Å². The first-order valence-corrected chi connectivity index (χ1v) is 6.21. The molecule has 1 aromatic rings. The molecule has 1 aromatic carbocycles. The van der Waals surface area contributed by atoms with Gasteiger partial charge in [0.25, 0.3) is 0 Å². The van der Waals surface area contributed by atoms with Gasteiger partial charge in [-0.2, -0.15) is 5.26 Å². The molecule has 102 valence electrons. The number of hydrogen-bond donors (Lipinski definition) is 2. The summed E-state index contributed by atoms with van der Waals surface area (Å²) in [4.78, 5) is 13.4. The number of nitrogens with two attached hydrogens (primary N) is 1. The molecule has 2 amide bonds. The van der Waals surface area contributed by atoms with Crippen molar-refractivity contribution in [1.29, 1.82) is 5.26 Å². The van der Waals surface area contributed by atoms with Gasteiger partial charge in [0.1, 0.15) is 0 Å². The number of amides is 2. The van der Waals surface area contributed by atoms with Crippen LogP contribution in [0.5, 0.6) is 0 Å². The number of carbonyl (C=O) groups is 1. The summed E-state index contributed by atoms with van der Waals surface area (Å²) in [5, 5.41) is 11.5. The zero-order valence-electron chi connectivity index (χ0n) is 11.6. The molecule has 0 saturated heterocycles. The molecule has 2 unspecified atom stereocenters. The van der Waals surface area contributed by atoms with Gasteiger partial charge in [0.2, 0.25) is 0 Å². The lowest BCUT2D eigenvalue weighted by molar-refractivity contribution is 0.219. The van der Waals surface area contributed by atoms with Gasteiger partial charge in [-0.15, -0.1) is 0 Å². The van der Waals surface area contributed by atoms with Crippen molar-refractivity contribution in [2.75, 3.05) is 18.9 Å². The Balaban J connectivity index is 2.66. The van der Waals surface area contributed by atoms with Crippen molar-refractivity contribution in [3.05, 3.63) is 29.8 Å². The third-order valence-corrected chi connectivity index (χ3v) is 2.78. The van der Waals surface area contributed by atoms with E-state index in [0.29, 0.717) is 12.2 Å². The van der Waals surface area contributed by atoms with Crippen LogP contribution in [0, 0.1) is 17.2 Å². The summed E-state index contributed by atoms with van der Waals surface area (Å²) in [6.07, 6.45) is 0. The van der Waals surface area contributed by atoms with Crippen LogP contribution in [-0.2, 0) is 0 Å². The van der Waals surface area contributed by atoms with Gasteiger partial charge in [-0.1, -0.05) is 12.1 Å². The highest BCUT2D eigenvalue weighted by Gasteiger charge is 2.12. The van der Waals surface area contributed by atoms with Gasteiger partial charge in [-0.05, 0) is 31.5 Å². The molecule has 0 spiro atoms. The number of nitriles is 1. The lowest BCUT2D eigenvalue weighted by atomic mass is 10.1. The Bertz CT molecular complexity index is 479. The first kappa shape index (κ1) is 15.0. The number of anilines is 1. The topological polar surface area (TPSA) is 82.2 Å². The van der Waals surface area contributed by atoms with Gasteiger partial charge in [0, 0.05) is 25.3 Å². The molecule has 0 aromatic heterocycles. The summed E-state index contributed by atoms with van der Waals surface area (Å²) < 4.78 is 0. The Hall–Kier alpha value is -2.06. The van der Waals surface area contributed by atoms with Crippen molar-refractivity contribution >= 4 is 11.7 Å². The number of rotatable bonds is 4. The molecule has 0 heterocycles. The van der Waals surface area contributed by atoms with E-state index in [1.54, 1.807) is 14.0 Å². The number of benzene rings is 1. The van der Waals surface area contributed by atoms with Crippen molar-refractivity contribution in [3.8, 4) is 6.07 Å². The third-order valence-electron chi connectivity index (χ3n) is 2.78. The second kappa shape index (κ2) is 6.76. The van der Waals surface area contributed by atoms with E-state index in [9.17, 15) is 4.79 Å². The van der Waals surface area contributed by atoms with E-state index in [0.717, 1.165) is 5.56 Å². The summed E-state index contributed by atoms with van der Waals surface area (Å²) in [6, 6.07) is 9.23. The highest BCUT2D eigenvalue weighted by atomic mass is 16.2. The first-order valence-electron chi connectivity index (χ1n) is 6.21. The zero-order chi connectivity index (χ0) is 14.4. The largest absolute Gasteiger partial charge is 0.326 e. The maximum Gasteiger partial charge on any atom is 0.321 e. The van der Waals surface area contributed by atoms with Crippen molar-refractivity contribution in [1.82, 2.24) is 4.90 Å². The Kier molecular flexibility index (Phi) is 5.34. The molecule has 5 nitrogen and oxygen atoms in total. The maximum absolute atomic E-state index is 11.9. The average molecular weight is 260 g/mol. The Morgan fingerprint density at radius 2 is 2.21 bits per heavy atom. The highest BCUT2D eigenvalue weighted by Crippen LogP contribution is 2.16. The van der Waals surface area contributed by atoms with E-state index in [4.69, 9.17) is 11.0 Å². The number of urea groups is 1. The predicted octanol–water partition coefficient (Wildman–Crippen LogP) is 2.33. The zero-order valence-corrected chi connectivity index (χ0v) is 11.6. The molecular formula is C14H20N4O. The molecule has 3 N–H and O–H groups in total. The van der Waals surface area contributed by atoms with Crippen LogP contribution in [0.1, 0.15) is 25.5 Å². The van der Waals surface area contributed by atoms with Crippen LogP contribution >= 0.6 is 0 Å². The molecule has 1 rings (SSSR count). The Labute approximate surface area is 114 Å². The fourth-order valence-electron chi connectivity index (χ4n) is 1.65. The second-order valence-corrected chi connectivity index (χ2v) is 4.75. The van der Waals surface area contributed by atoms with Crippen LogP contribution in [0.4, 0.5) is 10.5 Å². The lowest BCUT2D eigenvalue weighted by Gasteiger charge is -2.19. The second-order valence-electron chi connectivity index (χ2n) is 4.75. The maximum atomic E-state index is 11.9. The molecule has 0 radical (unpaired) electrons. The molecule has 0 aliphatic heterocycles. The van der Waals surface area contributed by atoms with E-state index >= 15 is 0 Å². The molecule has 19 heavy (non-hydrogen) atoms. The van der Waals surface area contributed by atoms with E-state index in [1.165, 1.54) is 4.90 Å². The minimum absolute atomic E-state index is 0.0757. The molecule has 0 saturated carbocycles. The van der Waals surface area contributed by atoms with Crippen molar-refractivity contribution in [3.63, 3.8) is 0 Å². The number of hydrogen-bond acceptors (Lipinski definition) is 3. The summed E-state index contributed by atoms with van der Waals surface area (Å²) in [5.41, 5.74) is 7.47. The van der Waals surface area contributed by atoms with Gasteiger partial charge in [-0.25, -0.2) is 4.79 Å². The van der Waals surface area contributed by atoms with Crippen molar-refractivity contribution in [2.45, 2.75) is 19.9 Å². The molecular weight excluding hydrogens is 240 g/mol. The Morgan fingerprint density at radius 1 is 1.53 bits per heavy atom. The van der Waals surface area contributed by atoms with Crippen LogP contribution in [-0.4, -0.2) is 24.5 Å². The van der Waals surface area contributed by atoms with E-state index in [1.807, 2.05) is 31.2 Å². The molecule has 0 aliphatic carbocycles. The van der Waals surface area contributed by atoms with Gasteiger partial charge in [0.15, 0.2) is 0 Å². The highest BCUT2D eigenvalue weighted by molar-refractivity contribution is 5.89. The molecule has 2 atom stereocenters. The quantitative estimate of drug-likeness (QED) is 0.871. The standard InChI is InChI=1S/C14H20N4O/c1-10(8-15)9-18(3)14(19)17-13-6-4-5-12(7-13)11(2)16/h4-7,10-11H,9,16H2,1-3H3,(H,17,19). The first-order chi connectivity index (χ1) is 8.93. The monoisotopic (exact) mass is 260 g/mol. The SMILES string of the molecule is CC(C#N)CN(C)C(=O)Nc1cccc(C(C)N)c1.